The number of ether oxygens (including phenoxy) is 1. The van der Waals surface area contributed by atoms with E-state index >= 15 is 0 Å². The standard InChI is InChI=1S/C30H29ClN2O4/c1-19-16-25-23(17-24(19)31)28(34)26-27(33(15-7-14-32(2)3)30(35)29(26)37-25)21-10-12-22(13-11-21)36-18-20-8-5-4-6-9-20/h4-6,8-13,16-17,27H,7,14-15,18H2,1-3H3. The van der Waals surface area contributed by atoms with E-state index < -0.39 is 6.04 Å². The molecule has 5 rings (SSSR count). The zero-order valence-electron chi connectivity index (χ0n) is 21.2. The molecule has 2 heterocycles. The largest absolute Gasteiger partial charge is 0.489 e. The summed E-state index contributed by atoms with van der Waals surface area (Å²) in [5, 5.41) is 0.869. The van der Waals surface area contributed by atoms with Crippen molar-refractivity contribution in [3.8, 4) is 5.75 Å². The fourth-order valence-corrected chi connectivity index (χ4v) is 4.93. The van der Waals surface area contributed by atoms with Gasteiger partial charge in [0.15, 0.2) is 5.43 Å². The Kier molecular flexibility index (Phi) is 7.04. The normalized spacial score (nSPS) is 15.0. The Morgan fingerprint density at radius 3 is 2.46 bits per heavy atom. The van der Waals surface area contributed by atoms with Gasteiger partial charge in [-0.3, -0.25) is 9.59 Å². The van der Waals surface area contributed by atoms with E-state index in [1.807, 2.05) is 75.6 Å². The van der Waals surface area contributed by atoms with Crippen LogP contribution in [0.15, 0.2) is 75.9 Å². The Morgan fingerprint density at radius 2 is 1.76 bits per heavy atom. The number of amides is 1. The van der Waals surface area contributed by atoms with Gasteiger partial charge in [0, 0.05) is 11.6 Å². The molecule has 6 nitrogen and oxygen atoms in total. The molecular weight excluding hydrogens is 488 g/mol. The first-order valence-corrected chi connectivity index (χ1v) is 12.7. The summed E-state index contributed by atoms with van der Waals surface area (Å²) in [6.45, 7) is 3.61. The second kappa shape index (κ2) is 10.4. The number of rotatable bonds is 8. The molecule has 1 unspecified atom stereocenters. The van der Waals surface area contributed by atoms with Gasteiger partial charge in [0.2, 0.25) is 5.76 Å². The number of benzene rings is 3. The zero-order chi connectivity index (χ0) is 26.1. The summed E-state index contributed by atoms with van der Waals surface area (Å²) in [4.78, 5) is 31.1. The molecule has 7 heteroatoms. The van der Waals surface area contributed by atoms with Gasteiger partial charge in [-0.25, -0.2) is 0 Å². The predicted molar refractivity (Wildman–Crippen MR) is 145 cm³/mol. The Labute approximate surface area is 221 Å². The fourth-order valence-electron chi connectivity index (χ4n) is 4.76. The van der Waals surface area contributed by atoms with Crippen molar-refractivity contribution < 1.29 is 13.9 Å². The molecule has 1 aliphatic heterocycles. The smallest absolute Gasteiger partial charge is 0.290 e. The molecule has 1 atom stereocenters. The van der Waals surface area contributed by atoms with Gasteiger partial charge < -0.3 is 19.0 Å². The molecule has 0 saturated heterocycles. The molecule has 0 fully saturated rings. The molecule has 0 N–H and O–H groups in total. The third kappa shape index (κ3) is 4.99. The van der Waals surface area contributed by atoms with Gasteiger partial charge in [0.1, 0.15) is 17.9 Å². The van der Waals surface area contributed by atoms with Crippen LogP contribution in [-0.2, 0) is 6.61 Å². The van der Waals surface area contributed by atoms with E-state index in [-0.39, 0.29) is 17.1 Å². The van der Waals surface area contributed by atoms with Gasteiger partial charge >= 0.3 is 0 Å². The zero-order valence-corrected chi connectivity index (χ0v) is 21.9. The highest BCUT2D eigenvalue weighted by Crippen LogP contribution is 2.39. The molecule has 190 valence electrons. The minimum absolute atomic E-state index is 0.110. The third-order valence-corrected chi connectivity index (χ3v) is 7.10. The first-order valence-electron chi connectivity index (χ1n) is 12.3. The van der Waals surface area contributed by atoms with E-state index in [0.717, 1.165) is 29.7 Å². The molecule has 4 aromatic rings. The first-order chi connectivity index (χ1) is 17.8. The van der Waals surface area contributed by atoms with E-state index in [1.54, 1.807) is 17.0 Å². The summed E-state index contributed by atoms with van der Waals surface area (Å²) in [6.07, 6.45) is 0.764. The van der Waals surface area contributed by atoms with Gasteiger partial charge in [-0.15, -0.1) is 0 Å². The Balaban J connectivity index is 1.52. The van der Waals surface area contributed by atoms with Crippen LogP contribution >= 0.6 is 11.6 Å². The van der Waals surface area contributed by atoms with Crippen molar-refractivity contribution in [2.45, 2.75) is 26.0 Å². The molecule has 0 spiro atoms. The van der Waals surface area contributed by atoms with Crippen LogP contribution in [0.2, 0.25) is 5.02 Å². The summed E-state index contributed by atoms with van der Waals surface area (Å²) in [6, 6.07) is 20.3. The fraction of sp³-hybridized carbons (Fsp3) is 0.267. The van der Waals surface area contributed by atoms with Crippen molar-refractivity contribution in [2.75, 3.05) is 27.2 Å². The maximum absolute atomic E-state index is 13.7. The molecule has 0 bridgehead atoms. The number of carbonyl (C=O) groups excluding carboxylic acids is 1. The lowest BCUT2D eigenvalue weighted by atomic mass is 9.98. The van der Waals surface area contributed by atoms with Crippen LogP contribution < -0.4 is 10.2 Å². The summed E-state index contributed by atoms with van der Waals surface area (Å²) >= 11 is 6.33. The van der Waals surface area contributed by atoms with Crippen molar-refractivity contribution in [3.05, 3.63) is 110 Å². The number of aryl methyl sites for hydroxylation is 1. The quantitative estimate of drug-likeness (QED) is 0.295. The lowest BCUT2D eigenvalue weighted by Crippen LogP contribution is -2.32. The van der Waals surface area contributed by atoms with Crippen LogP contribution in [0, 0.1) is 6.92 Å². The topological polar surface area (TPSA) is 63.0 Å². The molecule has 0 radical (unpaired) electrons. The number of halogens is 1. The number of carbonyl (C=O) groups is 1. The number of nitrogens with zero attached hydrogens (tertiary/aromatic N) is 2. The number of fused-ring (bicyclic) bond motifs is 2. The highest BCUT2D eigenvalue weighted by atomic mass is 35.5. The monoisotopic (exact) mass is 516 g/mol. The van der Waals surface area contributed by atoms with Gasteiger partial charge in [-0.1, -0.05) is 54.1 Å². The summed E-state index contributed by atoms with van der Waals surface area (Å²) < 4.78 is 12.0. The molecule has 0 saturated carbocycles. The molecule has 1 aliphatic rings. The highest BCUT2D eigenvalue weighted by molar-refractivity contribution is 6.32. The third-order valence-electron chi connectivity index (χ3n) is 6.70. The Morgan fingerprint density at radius 1 is 1.03 bits per heavy atom. The number of hydrogen-bond acceptors (Lipinski definition) is 5. The maximum Gasteiger partial charge on any atom is 0.290 e. The van der Waals surface area contributed by atoms with E-state index in [0.29, 0.717) is 40.5 Å². The number of hydrogen-bond donors (Lipinski definition) is 0. The summed E-state index contributed by atoms with van der Waals surface area (Å²) in [7, 11) is 3.99. The minimum atomic E-state index is -0.548. The van der Waals surface area contributed by atoms with Crippen molar-refractivity contribution >= 4 is 28.5 Å². The van der Waals surface area contributed by atoms with E-state index in [9.17, 15) is 9.59 Å². The average molecular weight is 517 g/mol. The van der Waals surface area contributed by atoms with Crippen molar-refractivity contribution in [2.24, 2.45) is 0 Å². The SMILES string of the molecule is Cc1cc2oc3c(c(=O)c2cc1Cl)C(c1ccc(OCc2ccccc2)cc1)N(CCCN(C)C)C3=O. The van der Waals surface area contributed by atoms with Crippen LogP contribution in [0.25, 0.3) is 11.0 Å². The highest BCUT2D eigenvalue weighted by Gasteiger charge is 2.42. The van der Waals surface area contributed by atoms with E-state index in [4.69, 9.17) is 20.8 Å². The lowest BCUT2D eigenvalue weighted by Gasteiger charge is -2.26. The van der Waals surface area contributed by atoms with Crippen LogP contribution in [-0.4, -0.2) is 42.9 Å². The van der Waals surface area contributed by atoms with Crippen molar-refractivity contribution in [1.82, 2.24) is 9.80 Å². The second-order valence-electron chi connectivity index (χ2n) is 9.67. The molecule has 1 amide bonds. The molecule has 3 aromatic carbocycles. The Hall–Kier alpha value is -3.61. The van der Waals surface area contributed by atoms with E-state index in [1.165, 1.54) is 0 Å². The van der Waals surface area contributed by atoms with Crippen LogP contribution in [0.3, 0.4) is 0 Å². The van der Waals surface area contributed by atoms with Crippen LogP contribution in [0.4, 0.5) is 0 Å². The van der Waals surface area contributed by atoms with E-state index in [2.05, 4.69) is 4.90 Å². The molecular formula is C30H29ClN2O4. The predicted octanol–water partition coefficient (Wildman–Crippen LogP) is 5.83. The molecule has 1 aromatic heterocycles. The van der Waals surface area contributed by atoms with Gasteiger partial charge in [-0.2, -0.15) is 0 Å². The van der Waals surface area contributed by atoms with Crippen LogP contribution in [0.5, 0.6) is 5.75 Å². The lowest BCUT2D eigenvalue weighted by molar-refractivity contribution is 0.0722. The molecule has 0 aliphatic carbocycles. The summed E-state index contributed by atoms with van der Waals surface area (Å²) in [5.41, 5.74) is 3.20. The van der Waals surface area contributed by atoms with Crippen molar-refractivity contribution in [3.63, 3.8) is 0 Å². The first kappa shape index (κ1) is 25.1. The second-order valence-corrected chi connectivity index (χ2v) is 10.1. The van der Waals surface area contributed by atoms with Gasteiger partial charge in [0.05, 0.1) is 17.0 Å². The van der Waals surface area contributed by atoms with Crippen LogP contribution in [0.1, 0.15) is 45.3 Å². The van der Waals surface area contributed by atoms with Gasteiger partial charge in [0.25, 0.3) is 5.91 Å². The molecule has 37 heavy (non-hydrogen) atoms. The summed E-state index contributed by atoms with van der Waals surface area (Å²) in [5.74, 6) is 0.553. The maximum atomic E-state index is 13.7. The minimum Gasteiger partial charge on any atom is -0.489 e. The van der Waals surface area contributed by atoms with Crippen molar-refractivity contribution in [1.29, 1.82) is 0 Å². The Bertz CT molecular complexity index is 1500. The van der Waals surface area contributed by atoms with Gasteiger partial charge in [-0.05, 0) is 74.9 Å². The average Bonchev–Trinajstić information content (AvgIpc) is 3.16.